The molecule has 0 spiro atoms. The SMILES string of the molecule is Cc1cc(C)c([Si](O)(c2ccccc2)c2ccccc2)c(C)c1. The molecule has 1 nitrogen and oxygen atoms in total. The fourth-order valence-electron chi connectivity index (χ4n) is 3.56. The molecule has 0 unspecified atom stereocenters. The largest absolute Gasteiger partial charge is 0.421 e. The summed E-state index contributed by atoms with van der Waals surface area (Å²) in [5, 5.41) is 3.17. The molecule has 0 saturated heterocycles. The van der Waals surface area contributed by atoms with E-state index >= 15 is 0 Å². The molecule has 0 saturated carbocycles. The van der Waals surface area contributed by atoms with Crippen molar-refractivity contribution in [2.75, 3.05) is 0 Å². The van der Waals surface area contributed by atoms with E-state index < -0.39 is 8.32 Å². The molecule has 1 N–H and O–H groups in total. The predicted octanol–water partition coefficient (Wildman–Crippen LogP) is 2.57. The van der Waals surface area contributed by atoms with Crippen LogP contribution in [-0.4, -0.2) is 13.1 Å². The molecule has 116 valence electrons. The van der Waals surface area contributed by atoms with Crippen LogP contribution in [-0.2, 0) is 0 Å². The van der Waals surface area contributed by atoms with Gasteiger partial charge < -0.3 is 4.80 Å². The molecule has 0 heterocycles. The van der Waals surface area contributed by atoms with Crippen LogP contribution in [0.5, 0.6) is 0 Å². The average molecular weight is 318 g/mol. The summed E-state index contributed by atoms with van der Waals surface area (Å²) in [4.78, 5) is 12.0. The molecule has 0 bridgehead atoms. The van der Waals surface area contributed by atoms with Crippen LogP contribution in [0, 0.1) is 20.8 Å². The van der Waals surface area contributed by atoms with E-state index in [1.807, 2.05) is 36.4 Å². The van der Waals surface area contributed by atoms with E-state index in [1.54, 1.807) is 0 Å². The van der Waals surface area contributed by atoms with Crippen molar-refractivity contribution in [3.8, 4) is 0 Å². The van der Waals surface area contributed by atoms with Gasteiger partial charge in [0.05, 0.1) is 0 Å². The van der Waals surface area contributed by atoms with Crippen LogP contribution in [0.4, 0.5) is 0 Å². The van der Waals surface area contributed by atoms with Gasteiger partial charge in [-0.05, 0) is 47.5 Å². The number of hydrogen-bond acceptors (Lipinski definition) is 1. The van der Waals surface area contributed by atoms with Gasteiger partial charge in [-0.1, -0.05) is 78.4 Å². The van der Waals surface area contributed by atoms with Crippen molar-refractivity contribution < 1.29 is 4.80 Å². The smallest absolute Gasteiger partial charge is 0.286 e. The molecule has 3 aromatic carbocycles. The van der Waals surface area contributed by atoms with Crippen molar-refractivity contribution in [2.24, 2.45) is 0 Å². The molecule has 0 aliphatic heterocycles. The van der Waals surface area contributed by atoms with E-state index in [0.29, 0.717) is 0 Å². The summed E-state index contributed by atoms with van der Waals surface area (Å²) in [5.41, 5.74) is 3.58. The summed E-state index contributed by atoms with van der Waals surface area (Å²) in [6.45, 7) is 6.33. The third-order valence-electron chi connectivity index (χ3n) is 4.42. The highest BCUT2D eigenvalue weighted by atomic mass is 28.4. The Kier molecular flexibility index (Phi) is 4.20. The first-order valence-corrected chi connectivity index (χ1v) is 9.90. The van der Waals surface area contributed by atoms with Gasteiger partial charge in [-0.15, -0.1) is 0 Å². The summed E-state index contributed by atoms with van der Waals surface area (Å²) < 4.78 is 0. The van der Waals surface area contributed by atoms with Crippen LogP contribution in [0.25, 0.3) is 0 Å². The zero-order valence-corrected chi connectivity index (χ0v) is 14.9. The fourth-order valence-corrected chi connectivity index (χ4v) is 7.11. The minimum atomic E-state index is -2.99. The molecule has 3 rings (SSSR count). The quantitative estimate of drug-likeness (QED) is 0.581. The lowest BCUT2D eigenvalue weighted by molar-refractivity contribution is 0.582. The van der Waals surface area contributed by atoms with Crippen molar-refractivity contribution >= 4 is 23.9 Å². The highest BCUT2D eigenvalue weighted by Gasteiger charge is 2.40. The Labute approximate surface area is 139 Å². The summed E-state index contributed by atoms with van der Waals surface area (Å²) >= 11 is 0. The highest BCUT2D eigenvalue weighted by Crippen LogP contribution is 2.13. The monoisotopic (exact) mass is 318 g/mol. The first kappa shape index (κ1) is 15.7. The summed E-state index contributed by atoms with van der Waals surface area (Å²) in [5.74, 6) is 0. The molecule has 0 fully saturated rings. The van der Waals surface area contributed by atoms with Crippen molar-refractivity contribution in [1.82, 2.24) is 0 Å². The Balaban J connectivity index is 2.35. The average Bonchev–Trinajstić information content (AvgIpc) is 2.55. The number of aryl methyl sites for hydroxylation is 3. The van der Waals surface area contributed by atoms with Gasteiger partial charge >= 0.3 is 0 Å². The van der Waals surface area contributed by atoms with Gasteiger partial charge in [-0.2, -0.15) is 0 Å². The second-order valence-corrected chi connectivity index (χ2v) is 9.29. The predicted molar refractivity (Wildman–Crippen MR) is 100 cm³/mol. The van der Waals surface area contributed by atoms with Crippen LogP contribution in [0.15, 0.2) is 72.8 Å². The molecule has 0 amide bonds. The van der Waals surface area contributed by atoms with Gasteiger partial charge in [0.1, 0.15) is 0 Å². The number of hydrogen-bond donors (Lipinski definition) is 1. The molecule has 0 aromatic heterocycles. The van der Waals surface area contributed by atoms with E-state index in [2.05, 4.69) is 57.2 Å². The topological polar surface area (TPSA) is 20.2 Å². The third kappa shape index (κ3) is 2.76. The normalized spacial score (nSPS) is 11.5. The Morgan fingerprint density at radius 3 is 1.43 bits per heavy atom. The van der Waals surface area contributed by atoms with Gasteiger partial charge in [0, 0.05) is 0 Å². The molecule has 0 aliphatic carbocycles. The third-order valence-corrected chi connectivity index (χ3v) is 8.27. The maximum atomic E-state index is 12.0. The van der Waals surface area contributed by atoms with Crippen molar-refractivity contribution in [2.45, 2.75) is 20.8 Å². The van der Waals surface area contributed by atoms with Gasteiger partial charge in [0.15, 0.2) is 0 Å². The van der Waals surface area contributed by atoms with Crippen LogP contribution < -0.4 is 15.6 Å². The lowest BCUT2D eigenvalue weighted by atomic mass is 10.1. The molecule has 2 heteroatoms. The second-order valence-electron chi connectivity index (χ2n) is 6.22. The standard InChI is InChI=1S/C21H22OSi/c1-16-14-17(2)21(18(3)15-16)23(22,19-10-6-4-7-11-19)20-12-8-5-9-13-20/h4-15,22H,1-3H3. The molecule has 0 aliphatic rings. The van der Waals surface area contributed by atoms with E-state index in [4.69, 9.17) is 0 Å². The maximum Gasteiger partial charge on any atom is 0.286 e. The summed E-state index contributed by atoms with van der Waals surface area (Å²) in [7, 11) is -2.99. The van der Waals surface area contributed by atoms with Crippen LogP contribution in [0.3, 0.4) is 0 Å². The molecular formula is C21H22OSi. The van der Waals surface area contributed by atoms with Crippen molar-refractivity contribution in [3.05, 3.63) is 89.5 Å². The Bertz CT molecular complexity index is 747. The fraction of sp³-hybridized carbons (Fsp3) is 0.143. The molecule has 3 aromatic rings. The maximum absolute atomic E-state index is 12.0. The first-order valence-electron chi connectivity index (χ1n) is 7.95. The molecule has 0 radical (unpaired) electrons. The van der Waals surface area contributed by atoms with E-state index in [0.717, 1.165) is 15.6 Å². The minimum absolute atomic E-state index is 1.03. The van der Waals surface area contributed by atoms with Gasteiger partial charge in [-0.25, -0.2) is 0 Å². The summed E-state index contributed by atoms with van der Waals surface area (Å²) in [6.07, 6.45) is 0. The van der Waals surface area contributed by atoms with Gasteiger partial charge in [0.25, 0.3) is 8.32 Å². The second kappa shape index (κ2) is 6.15. The highest BCUT2D eigenvalue weighted by molar-refractivity contribution is 7.06. The van der Waals surface area contributed by atoms with Crippen LogP contribution >= 0.6 is 0 Å². The van der Waals surface area contributed by atoms with Gasteiger partial charge in [-0.3, -0.25) is 0 Å². The Hall–Kier alpha value is -2.16. The Morgan fingerprint density at radius 2 is 1.04 bits per heavy atom. The van der Waals surface area contributed by atoms with Gasteiger partial charge in [0.2, 0.25) is 0 Å². The molecular weight excluding hydrogens is 296 g/mol. The molecule has 23 heavy (non-hydrogen) atoms. The zero-order valence-electron chi connectivity index (χ0n) is 13.9. The summed E-state index contributed by atoms with van der Waals surface area (Å²) in [6, 6.07) is 24.6. The van der Waals surface area contributed by atoms with Crippen LogP contribution in [0.2, 0.25) is 0 Å². The lowest BCUT2D eigenvalue weighted by Crippen LogP contribution is -2.68. The van der Waals surface area contributed by atoms with Crippen LogP contribution in [0.1, 0.15) is 16.7 Å². The van der Waals surface area contributed by atoms with E-state index in [9.17, 15) is 4.80 Å². The van der Waals surface area contributed by atoms with Crippen molar-refractivity contribution in [3.63, 3.8) is 0 Å². The minimum Gasteiger partial charge on any atom is -0.421 e. The first-order chi connectivity index (χ1) is 11.0. The number of rotatable bonds is 3. The number of benzene rings is 3. The van der Waals surface area contributed by atoms with E-state index in [1.165, 1.54) is 16.7 Å². The Morgan fingerprint density at radius 1 is 0.652 bits per heavy atom. The lowest BCUT2D eigenvalue weighted by Gasteiger charge is -2.30. The van der Waals surface area contributed by atoms with Crippen molar-refractivity contribution in [1.29, 1.82) is 0 Å². The van der Waals surface area contributed by atoms with E-state index in [-0.39, 0.29) is 0 Å². The molecule has 0 atom stereocenters. The zero-order chi connectivity index (χ0) is 16.4.